The van der Waals surface area contributed by atoms with Gasteiger partial charge in [-0.1, -0.05) is 99.7 Å². The number of para-hydroxylation sites is 2. The lowest BCUT2D eigenvalue weighted by molar-refractivity contribution is 0.729. The molecule has 1 heterocycles. The summed E-state index contributed by atoms with van der Waals surface area (Å²) >= 11 is 0. The van der Waals surface area contributed by atoms with Crippen LogP contribution in [0.3, 0.4) is 0 Å². The van der Waals surface area contributed by atoms with Crippen molar-refractivity contribution in [2.75, 3.05) is 0 Å². The van der Waals surface area contributed by atoms with E-state index in [1.165, 1.54) is 49.7 Å². The highest BCUT2D eigenvalue weighted by Crippen LogP contribution is 2.41. The van der Waals surface area contributed by atoms with E-state index in [0.717, 1.165) is 6.42 Å². The van der Waals surface area contributed by atoms with Gasteiger partial charge in [0.25, 0.3) is 0 Å². The molecule has 0 bridgehead atoms. The van der Waals surface area contributed by atoms with Crippen molar-refractivity contribution in [3.63, 3.8) is 0 Å². The van der Waals surface area contributed by atoms with Crippen LogP contribution in [0.4, 0.5) is 0 Å². The second-order valence-corrected chi connectivity index (χ2v) is 16.5. The maximum atomic E-state index is 2.52. The number of aromatic nitrogens is 1. The van der Waals surface area contributed by atoms with Crippen molar-refractivity contribution in [1.29, 1.82) is 0 Å². The lowest BCUT2D eigenvalue weighted by Gasteiger charge is -2.37. The first-order valence-corrected chi connectivity index (χ1v) is 15.0. The average molecular weight is 446 g/mol. The van der Waals surface area contributed by atoms with Crippen LogP contribution in [0.2, 0.25) is 18.1 Å². The molecule has 0 aliphatic heterocycles. The van der Waals surface area contributed by atoms with Crippen LogP contribution < -0.4 is 5.19 Å². The second kappa shape index (κ2) is 6.95. The number of hydrogen-bond acceptors (Lipinski definition) is 0. The molecular weight excluding hydrogens is 414 g/mol. The number of nitrogens with zero attached hydrogens (tertiary/aromatic N) is 1. The number of fused-ring (bicyclic) bond motifs is 6. The fourth-order valence-electron chi connectivity index (χ4n) is 5.32. The van der Waals surface area contributed by atoms with Crippen LogP contribution in [0.1, 0.15) is 31.9 Å². The summed E-state index contributed by atoms with van der Waals surface area (Å²) < 4.78 is 2.43. The molecule has 1 aliphatic carbocycles. The second-order valence-electron chi connectivity index (χ2n) is 11.1. The zero-order valence-corrected chi connectivity index (χ0v) is 21.2. The molecule has 0 radical (unpaired) electrons. The van der Waals surface area contributed by atoms with Crippen molar-refractivity contribution >= 4 is 35.1 Å². The molecule has 1 aliphatic rings. The Morgan fingerprint density at radius 3 is 1.82 bits per heavy atom. The minimum absolute atomic E-state index is 0.327. The van der Waals surface area contributed by atoms with Gasteiger partial charge in [0.05, 0.1) is 19.1 Å². The largest absolute Gasteiger partial charge is 0.309 e. The Morgan fingerprint density at radius 2 is 1.21 bits per heavy atom. The first kappa shape index (κ1) is 20.5. The van der Waals surface area contributed by atoms with E-state index in [0.29, 0.717) is 5.04 Å². The summed E-state index contributed by atoms with van der Waals surface area (Å²) in [5.41, 5.74) is 9.55. The van der Waals surface area contributed by atoms with Crippen LogP contribution in [0, 0.1) is 0 Å². The molecule has 4 aromatic carbocycles. The molecule has 0 fully saturated rings. The van der Waals surface area contributed by atoms with Gasteiger partial charge in [-0.15, -0.1) is 0 Å². The van der Waals surface area contributed by atoms with Crippen molar-refractivity contribution in [1.82, 2.24) is 4.57 Å². The Labute approximate surface area is 197 Å². The monoisotopic (exact) mass is 445 g/mol. The quantitative estimate of drug-likeness (QED) is 0.237. The third-order valence-electron chi connectivity index (χ3n) is 8.31. The third kappa shape index (κ3) is 2.97. The number of rotatable bonds is 2. The van der Waals surface area contributed by atoms with Gasteiger partial charge in [0, 0.05) is 16.5 Å². The molecule has 0 saturated carbocycles. The van der Waals surface area contributed by atoms with Gasteiger partial charge in [-0.2, -0.15) is 0 Å². The van der Waals surface area contributed by atoms with Gasteiger partial charge in [0.1, 0.15) is 0 Å². The first-order chi connectivity index (χ1) is 15.8. The maximum absolute atomic E-state index is 2.52. The highest BCUT2D eigenvalue weighted by Gasteiger charge is 2.37. The van der Waals surface area contributed by atoms with Crippen LogP contribution >= 0.6 is 0 Å². The lowest BCUT2D eigenvalue weighted by Crippen LogP contribution is -2.49. The highest BCUT2D eigenvalue weighted by molar-refractivity contribution is 6.92. The van der Waals surface area contributed by atoms with Crippen LogP contribution in [0.5, 0.6) is 0 Å². The van der Waals surface area contributed by atoms with Crippen molar-refractivity contribution in [2.24, 2.45) is 0 Å². The van der Waals surface area contributed by atoms with E-state index < -0.39 is 8.07 Å². The average Bonchev–Trinajstić information content (AvgIpc) is 3.33. The summed E-state index contributed by atoms with van der Waals surface area (Å²) in [4.78, 5) is 0. The third-order valence-corrected chi connectivity index (χ3v) is 13.8. The van der Waals surface area contributed by atoms with Gasteiger partial charge < -0.3 is 4.57 Å². The first-order valence-electron chi connectivity index (χ1n) is 12.0. The van der Waals surface area contributed by atoms with Gasteiger partial charge in [-0.3, -0.25) is 0 Å². The topological polar surface area (TPSA) is 4.93 Å². The maximum Gasteiger partial charge on any atom is 0.0859 e. The van der Waals surface area contributed by atoms with Crippen LogP contribution in [-0.2, 0) is 6.42 Å². The summed E-state index contributed by atoms with van der Waals surface area (Å²) in [7, 11) is -1.59. The van der Waals surface area contributed by atoms with E-state index in [2.05, 4.69) is 123 Å². The predicted molar refractivity (Wildman–Crippen MR) is 146 cm³/mol. The molecule has 0 N–H and O–H groups in total. The molecule has 0 amide bonds. The van der Waals surface area contributed by atoms with Gasteiger partial charge in [-0.25, -0.2) is 0 Å². The Bertz CT molecular complexity index is 1490. The lowest BCUT2D eigenvalue weighted by atomic mass is 10.0. The van der Waals surface area contributed by atoms with Gasteiger partial charge in [-0.05, 0) is 58.0 Å². The van der Waals surface area contributed by atoms with E-state index in [1.807, 2.05) is 0 Å². The van der Waals surface area contributed by atoms with Gasteiger partial charge in [0.2, 0.25) is 0 Å². The summed E-state index contributed by atoms with van der Waals surface area (Å²) in [6, 6.07) is 31.9. The van der Waals surface area contributed by atoms with Crippen molar-refractivity contribution < 1.29 is 0 Å². The fraction of sp³-hybridized carbons (Fsp3) is 0.226. The van der Waals surface area contributed by atoms with Crippen LogP contribution in [0.15, 0.2) is 84.9 Å². The van der Waals surface area contributed by atoms with Crippen molar-refractivity contribution in [2.45, 2.75) is 45.3 Å². The molecule has 0 atom stereocenters. The van der Waals surface area contributed by atoms with E-state index in [9.17, 15) is 0 Å². The standard InChI is InChI=1S/C31H31NSi/c1-31(2,3)33(4,5)24-17-15-22-18-21-14-16-23(19-27(21)28(22)20-24)32-29-12-8-6-10-25(29)26-11-7-9-13-30(26)32/h6-17,19-20H,18H2,1-5H3. The molecule has 164 valence electrons. The molecule has 0 saturated heterocycles. The normalized spacial score (nSPS) is 13.5. The Kier molecular flexibility index (Phi) is 4.32. The van der Waals surface area contributed by atoms with Crippen LogP contribution in [-0.4, -0.2) is 12.6 Å². The van der Waals surface area contributed by atoms with Crippen molar-refractivity contribution in [3.05, 3.63) is 96.1 Å². The zero-order chi connectivity index (χ0) is 23.0. The molecule has 1 nitrogen and oxygen atoms in total. The molecule has 1 aromatic heterocycles. The van der Waals surface area contributed by atoms with Gasteiger partial charge in [0.15, 0.2) is 0 Å². The van der Waals surface area contributed by atoms with Gasteiger partial charge >= 0.3 is 0 Å². The Morgan fingerprint density at radius 1 is 0.667 bits per heavy atom. The zero-order valence-electron chi connectivity index (χ0n) is 20.2. The summed E-state index contributed by atoms with van der Waals surface area (Å²) in [6.45, 7) is 12.2. The van der Waals surface area contributed by atoms with E-state index >= 15 is 0 Å². The molecule has 6 rings (SSSR count). The minimum atomic E-state index is -1.59. The SMILES string of the molecule is CC(C)(C)[Si](C)(C)c1ccc2c(c1)-c1cc(-n3c4ccccc4c4ccccc43)ccc1C2. The summed E-state index contributed by atoms with van der Waals surface area (Å²) in [6.07, 6.45) is 1.04. The number of hydrogen-bond donors (Lipinski definition) is 0. The smallest absolute Gasteiger partial charge is 0.0859 e. The van der Waals surface area contributed by atoms with Crippen molar-refractivity contribution in [3.8, 4) is 16.8 Å². The predicted octanol–water partition coefficient (Wildman–Crippen LogP) is 8.07. The van der Waals surface area contributed by atoms with Crippen LogP contribution in [0.25, 0.3) is 38.6 Å². The van der Waals surface area contributed by atoms with E-state index in [4.69, 9.17) is 0 Å². The Hall–Kier alpha value is -3.10. The van der Waals surface area contributed by atoms with E-state index in [-0.39, 0.29) is 0 Å². The molecule has 0 unspecified atom stereocenters. The fourth-order valence-corrected chi connectivity index (χ4v) is 7.19. The van der Waals surface area contributed by atoms with E-state index in [1.54, 1.807) is 5.19 Å². The molecule has 33 heavy (non-hydrogen) atoms. The molecule has 2 heteroatoms. The number of benzene rings is 4. The summed E-state index contributed by atoms with van der Waals surface area (Å²) in [5, 5.41) is 4.51. The molecular formula is C31H31NSi. The molecule has 0 spiro atoms. The Balaban J connectivity index is 1.56. The molecule has 5 aromatic rings. The highest BCUT2D eigenvalue weighted by atomic mass is 28.3. The minimum Gasteiger partial charge on any atom is -0.309 e. The summed E-state index contributed by atoms with van der Waals surface area (Å²) in [5.74, 6) is 0.